The van der Waals surface area contributed by atoms with Crippen molar-refractivity contribution in [3.63, 3.8) is 0 Å². The first-order valence-electron chi connectivity index (χ1n) is 8.62. The van der Waals surface area contributed by atoms with Gasteiger partial charge in [0.1, 0.15) is 17.3 Å². The van der Waals surface area contributed by atoms with Crippen LogP contribution in [0.5, 0.6) is 0 Å². The number of amidine groups is 1. The zero-order valence-corrected chi connectivity index (χ0v) is 14.1. The molecule has 3 nitrogen and oxygen atoms in total. The average molecular weight is 315 g/mol. The number of nitrogens with one attached hydrogen (secondary N) is 1. The van der Waals surface area contributed by atoms with Gasteiger partial charge >= 0.3 is 0 Å². The zero-order chi connectivity index (χ0) is 16.4. The summed E-state index contributed by atoms with van der Waals surface area (Å²) in [6, 6.07) is 5.58. The van der Waals surface area contributed by atoms with Gasteiger partial charge in [-0.25, -0.2) is 9.38 Å². The Morgan fingerprint density at radius 1 is 1.43 bits per heavy atom. The molecule has 1 fully saturated rings. The van der Waals surface area contributed by atoms with E-state index in [0.29, 0.717) is 11.4 Å². The minimum Gasteiger partial charge on any atom is -0.300 e. The number of aliphatic imine (C=N–C) groups is 1. The Morgan fingerprint density at radius 2 is 2.17 bits per heavy atom. The summed E-state index contributed by atoms with van der Waals surface area (Å²) in [5, 5.41) is 1.96. The van der Waals surface area contributed by atoms with Crippen molar-refractivity contribution in [1.29, 1.82) is 0 Å². The topological polar surface area (TPSA) is 27.6 Å². The molecule has 0 aromatic heterocycles. The average Bonchev–Trinajstić information content (AvgIpc) is 3.15. The molecule has 1 heterocycles. The number of hydrazine groups is 1. The lowest BCUT2D eigenvalue weighted by Gasteiger charge is -2.28. The standard InChI is InChI=1S/C19H26FN3/c1-4-19(3)21-18(22-23(19)5-2)16-11-10-15(13-17(16)20)12-14-8-6-7-9-14/h4,10-11,13-14H,1,5-9,12H2,2-3H3,(H,21,22). The van der Waals surface area contributed by atoms with E-state index in [0.717, 1.165) is 24.4 Å². The molecular formula is C19H26FN3. The molecule has 1 aromatic rings. The fourth-order valence-electron chi connectivity index (χ4n) is 3.65. The molecule has 1 atom stereocenters. The third kappa shape index (κ3) is 3.18. The lowest BCUT2D eigenvalue weighted by atomic mass is 9.97. The fraction of sp³-hybridized carbons (Fsp3) is 0.526. The minimum atomic E-state index is -0.529. The van der Waals surface area contributed by atoms with Gasteiger partial charge in [-0.05, 0) is 43.0 Å². The Balaban J connectivity index is 1.81. The maximum atomic E-state index is 14.6. The third-order valence-corrected chi connectivity index (χ3v) is 5.12. The lowest BCUT2D eigenvalue weighted by molar-refractivity contribution is 0.153. The Labute approximate surface area is 138 Å². The van der Waals surface area contributed by atoms with Gasteiger partial charge in [0.25, 0.3) is 0 Å². The van der Waals surface area contributed by atoms with Crippen LogP contribution in [0.4, 0.5) is 4.39 Å². The molecule has 1 aromatic carbocycles. The van der Waals surface area contributed by atoms with E-state index in [-0.39, 0.29) is 5.82 Å². The van der Waals surface area contributed by atoms with E-state index in [1.54, 1.807) is 12.1 Å². The first kappa shape index (κ1) is 16.2. The molecule has 4 heteroatoms. The fourth-order valence-corrected chi connectivity index (χ4v) is 3.65. The molecule has 0 bridgehead atoms. The van der Waals surface area contributed by atoms with E-state index in [4.69, 9.17) is 0 Å². The maximum absolute atomic E-state index is 14.6. The van der Waals surface area contributed by atoms with Crippen molar-refractivity contribution in [2.24, 2.45) is 10.9 Å². The second-order valence-corrected chi connectivity index (χ2v) is 6.78. The van der Waals surface area contributed by atoms with Crippen LogP contribution in [0.15, 0.2) is 35.8 Å². The van der Waals surface area contributed by atoms with E-state index in [1.165, 1.54) is 25.7 Å². The van der Waals surface area contributed by atoms with Gasteiger partial charge < -0.3 is 5.43 Å². The summed E-state index contributed by atoms with van der Waals surface area (Å²) in [6.07, 6.45) is 7.96. The van der Waals surface area contributed by atoms with E-state index >= 15 is 0 Å². The molecule has 1 N–H and O–H groups in total. The van der Waals surface area contributed by atoms with Gasteiger partial charge in [-0.2, -0.15) is 5.01 Å². The van der Waals surface area contributed by atoms with Crippen LogP contribution < -0.4 is 5.43 Å². The van der Waals surface area contributed by atoms with Crippen molar-refractivity contribution < 1.29 is 4.39 Å². The first-order valence-corrected chi connectivity index (χ1v) is 8.62. The SMILES string of the molecule is C=CC1(C)N=C(c2ccc(CC3CCCC3)cc2F)NN1CC. The predicted molar refractivity (Wildman–Crippen MR) is 92.7 cm³/mol. The molecule has 23 heavy (non-hydrogen) atoms. The third-order valence-electron chi connectivity index (χ3n) is 5.12. The van der Waals surface area contributed by atoms with Crippen LogP contribution >= 0.6 is 0 Å². The Hall–Kier alpha value is -1.68. The quantitative estimate of drug-likeness (QED) is 0.830. The van der Waals surface area contributed by atoms with Crippen LogP contribution in [0.25, 0.3) is 0 Å². The van der Waals surface area contributed by atoms with Crippen molar-refractivity contribution in [3.05, 3.63) is 47.8 Å². The van der Waals surface area contributed by atoms with Crippen molar-refractivity contribution in [3.8, 4) is 0 Å². The summed E-state index contributed by atoms with van der Waals surface area (Å²) < 4.78 is 14.6. The van der Waals surface area contributed by atoms with Gasteiger partial charge in [-0.1, -0.05) is 45.3 Å². The number of rotatable bonds is 5. The van der Waals surface area contributed by atoms with Crippen LogP contribution in [0, 0.1) is 11.7 Å². The Morgan fingerprint density at radius 3 is 2.74 bits per heavy atom. The van der Waals surface area contributed by atoms with E-state index in [9.17, 15) is 4.39 Å². The summed E-state index contributed by atoms with van der Waals surface area (Å²) in [4.78, 5) is 4.63. The van der Waals surface area contributed by atoms with Crippen molar-refractivity contribution in [2.75, 3.05) is 6.54 Å². The smallest absolute Gasteiger partial charge is 0.148 e. The molecule has 1 aliphatic carbocycles. The molecule has 0 amide bonds. The second kappa shape index (κ2) is 6.44. The number of likely N-dealkylation sites (N-methyl/N-ethyl adjacent to an activating group) is 1. The van der Waals surface area contributed by atoms with Crippen LogP contribution in [0.1, 0.15) is 50.7 Å². The number of halogens is 1. The van der Waals surface area contributed by atoms with E-state index in [2.05, 4.69) is 17.0 Å². The maximum Gasteiger partial charge on any atom is 0.148 e. The molecular weight excluding hydrogens is 289 g/mol. The van der Waals surface area contributed by atoms with Gasteiger partial charge in [0.2, 0.25) is 0 Å². The van der Waals surface area contributed by atoms with Crippen molar-refractivity contribution in [2.45, 2.75) is 51.6 Å². The summed E-state index contributed by atoms with van der Waals surface area (Å²) in [7, 11) is 0. The largest absolute Gasteiger partial charge is 0.300 e. The molecule has 0 radical (unpaired) electrons. The van der Waals surface area contributed by atoms with Gasteiger partial charge in [0, 0.05) is 6.54 Å². The molecule has 0 spiro atoms. The van der Waals surface area contributed by atoms with Crippen molar-refractivity contribution in [1.82, 2.24) is 10.4 Å². The number of hydrogen-bond donors (Lipinski definition) is 1. The first-order chi connectivity index (χ1) is 11.1. The normalized spacial score (nSPS) is 25.4. The Kier molecular flexibility index (Phi) is 4.53. The molecule has 0 saturated heterocycles. The summed E-state index contributed by atoms with van der Waals surface area (Å²) in [5.41, 5.74) is 4.30. The lowest BCUT2D eigenvalue weighted by Crippen LogP contribution is -2.46. The van der Waals surface area contributed by atoms with E-state index in [1.807, 2.05) is 31.0 Å². The van der Waals surface area contributed by atoms with Crippen molar-refractivity contribution >= 4 is 5.84 Å². The number of nitrogens with zero attached hydrogens (tertiary/aromatic N) is 2. The molecule has 3 rings (SSSR count). The van der Waals surface area contributed by atoms with E-state index < -0.39 is 5.66 Å². The zero-order valence-electron chi connectivity index (χ0n) is 14.1. The van der Waals surface area contributed by atoms with Crippen LogP contribution in [0.3, 0.4) is 0 Å². The Bertz CT molecular complexity index is 619. The highest BCUT2D eigenvalue weighted by Gasteiger charge is 2.35. The van der Waals surface area contributed by atoms with Gasteiger partial charge in [0.05, 0.1) is 5.56 Å². The van der Waals surface area contributed by atoms with Crippen LogP contribution in [-0.4, -0.2) is 23.1 Å². The second-order valence-electron chi connectivity index (χ2n) is 6.78. The van der Waals surface area contributed by atoms with Crippen LogP contribution in [0.2, 0.25) is 0 Å². The number of hydrogen-bond acceptors (Lipinski definition) is 3. The monoisotopic (exact) mass is 315 g/mol. The summed E-state index contributed by atoms with van der Waals surface area (Å²) in [5.74, 6) is 1.11. The number of benzene rings is 1. The minimum absolute atomic E-state index is 0.198. The van der Waals surface area contributed by atoms with Gasteiger partial charge in [-0.15, -0.1) is 0 Å². The van der Waals surface area contributed by atoms with Gasteiger partial charge in [-0.3, -0.25) is 0 Å². The molecule has 2 aliphatic rings. The van der Waals surface area contributed by atoms with Crippen LogP contribution in [-0.2, 0) is 6.42 Å². The highest BCUT2D eigenvalue weighted by Crippen LogP contribution is 2.29. The molecule has 1 unspecified atom stereocenters. The summed E-state index contributed by atoms with van der Waals surface area (Å²) in [6.45, 7) is 8.62. The predicted octanol–water partition coefficient (Wildman–Crippen LogP) is 4.05. The molecule has 124 valence electrons. The molecule has 1 saturated carbocycles. The molecule has 1 aliphatic heterocycles. The highest BCUT2D eigenvalue weighted by molar-refractivity contribution is 6.00. The van der Waals surface area contributed by atoms with Gasteiger partial charge in [0.15, 0.2) is 0 Å². The highest BCUT2D eigenvalue weighted by atomic mass is 19.1. The summed E-state index contributed by atoms with van der Waals surface area (Å²) >= 11 is 0.